The van der Waals surface area contributed by atoms with Crippen molar-refractivity contribution in [3.8, 4) is 0 Å². The van der Waals surface area contributed by atoms with Gasteiger partial charge in [0.05, 0.1) is 6.04 Å². The van der Waals surface area contributed by atoms with Crippen LogP contribution in [0.2, 0.25) is 0 Å². The molecule has 1 fully saturated rings. The zero-order valence-corrected chi connectivity index (χ0v) is 9.25. The molecule has 1 aliphatic carbocycles. The van der Waals surface area contributed by atoms with Crippen LogP contribution < -0.4 is 11.1 Å². The summed E-state index contributed by atoms with van der Waals surface area (Å²) >= 11 is 0. The van der Waals surface area contributed by atoms with Crippen LogP contribution in [-0.4, -0.2) is 18.5 Å². The molecule has 1 rings (SSSR count). The number of carbonyl (C=O) groups excluding carboxylic acids is 1. The molecule has 0 aromatic rings. The molecule has 0 aliphatic heterocycles. The monoisotopic (exact) mass is 198 g/mol. The third-order valence-corrected chi connectivity index (χ3v) is 2.94. The number of carbonyl (C=O) groups is 1. The van der Waals surface area contributed by atoms with E-state index in [9.17, 15) is 4.79 Å². The third kappa shape index (κ3) is 3.66. The molecule has 3 N–H and O–H groups in total. The van der Waals surface area contributed by atoms with Crippen molar-refractivity contribution in [1.82, 2.24) is 5.32 Å². The molecule has 3 heteroatoms. The van der Waals surface area contributed by atoms with Gasteiger partial charge < -0.3 is 11.1 Å². The van der Waals surface area contributed by atoms with E-state index in [-0.39, 0.29) is 11.9 Å². The first-order valence-corrected chi connectivity index (χ1v) is 5.67. The average Bonchev–Trinajstić information content (AvgIpc) is 2.88. The molecule has 0 saturated heterocycles. The maximum absolute atomic E-state index is 11.2. The van der Waals surface area contributed by atoms with Crippen LogP contribution in [-0.2, 0) is 4.79 Å². The molecule has 0 heterocycles. The van der Waals surface area contributed by atoms with E-state index in [0.717, 1.165) is 25.3 Å². The van der Waals surface area contributed by atoms with Gasteiger partial charge in [0.15, 0.2) is 0 Å². The summed E-state index contributed by atoms with van der Waals surface area (Å²) in [4.78, 5) is 11.2. The van der Waals surface area contributed by atoms with E-state index in [4.69, 9.17) is 5.73 Å². The summed E-state index contributed by atoms with van der Waals surface area (Å²) in [6.45, 7) is 5.19. The molecule has 1 amide bonds. The number of primary amides is 1. The summed E-state index contributed by atoms with van der Waals surface area (Å²) in [5.74, 6) is 0.952. The smallest absolute Gasteiger partial charge is 0.234 e. The van der Waals surface area contributed by atoms with E-state index in [2.05, 4.69) is 19.2 Å². The molecule has 3 nitrogen and oxygen atoms in total. The average molecular weight is 198 g/mol. The molecule has 0 bridgehead atoms. The Hall–Kier alpha value is -0.570. The van der Waals surface area contributed by atoms with E-state index < -0.39 is 0 Å². The molecule has 1 aliphatic rings. The molecular formula is C11H22N2O. The van der Waals surface area contributed by atoms with E-state index in [1.165, 1.54) is 12.8 Å². The summed E-state index contributed by atoms with van der Waals surface area (Å²) in [5.41, 5.74) is 5.37. The second-order valence-corrected chi connectivity index (χ2v) is 4.50. The lowest BCUT2D eigenvalue weighted by molar-refractivity contribution is -0.121. The highest BCUT2D eigenvalue weighted by atomic mass is 16.1. The molecule has 2 unspecified atom stereocenters. The second kappa shape index (κ2) is 5.35. The zero-order chi connectivity index (χ0) is 10.6. The highest BCUT2D eigenvalue weighted by molar-refractivity contribution is 5.80. The van der Waals surface area contributed by atoms with E-state index in [0.29, 0.717) is 5.92 Å². The van der Waals surface area contributed by atoms with Crippen LogP contribution in [0.3, 0.4) is 0 Å². The first kappa shape index (κ1) is 11.5. The minimum absolute atomic E-state index is 0.129. The first-order valence-electron chi connectivity index (χ1n) is 5.67. The number of hydrogen-bond acceptors (Lipinski definition) is 2. The fraction of sp³-hybridized carbons (Fsp3) is 0.909. The SMILES string of the molecule is CCCC(C)C(NCC1CC1)C(N)=O. The van der Waals surface area contributed by atoms with Crippen LogP contribution in [0, 0.1) is 11.8 Å². The van der Waals surface area contributed by atoms with Crippen LogP contribution in [0.5, 0.6) is 0 Å². The van der Waals surface area contributed by atoms with Crippen LogP contribution in [0.4, 0.5) is 0 Å². The van der Waals surface area contributed by atoms with Crippen LogP contribution in [0.25, 0.3) is 0 Å². The fourth-order valence-corrected chi connectivity index (χ4v) is 1.82. The summed E-state index contributed by atoms with van der Waals surface area (Å²) in [7, 11) is 0. The summed E-state index contributed by atoms with van der Waals surface area (Å²) in [5, 5.41) is 3.29. The molecular weight excluding hydrogens is 176 g/mol. The van der Waals surface area contributed by atoms with Crippen molar-refractivity contribution in [2.24, 2.45) is 17.6 Å². The van der Waals surface area contributed by atoms with Gasteiger partial charge in [-0.25, -0.2) is 0 Å². The third-order valence-electron chi connectivity index (χ3n) is 2.94. The van der Waals surface area contributed by atoms with Gasteiger partial charge in [0.25, 0.3) is 0 Å². The largest absolute Gasteiger partial charge is 0.368 e. The van der Waals surface area contributed by atoms with Gasteiger partial charge in [-0.15, -0.1) is 0 Å². The summed E-state index contributed by atoms with van der Waals surface area (Å²) < 4.78 is 0. The zero-order valence-electron chi connectivity index (χ0n) is 9.25. The van der Waals surface area contributed by atoms with Gasteiger partial charge in [-0.3, -0.25) is 4.79 Å². The van der Waals surface area contributed by atoms with Crippen LogP contribution >= 0.6 is 0 Å². The highest BCUT2D eigenvalue weighted by Gasteiger charge is 2.26. The Balaban J connectivity index is 2.31. The van der Waals surface area contributed by atoms with Gasteiger partial charge in [-0.05, 0) is 37.6 Å². The Morgan fingerprint density at radius 1 is 1.57 bits per heavy atom. The van der Waals surface area contributed by atoms with E-state index in [1.807, 2.05) is 0 Å². The van der Waals surface area contributed by atoms with Crippen molar-refractivity contribution in [3.63, 3.8) is 0 Å². The van der Waals surface area contributed by atoms with E-state index >= 15 is 0 Å². The number of rotatable bonds is 7. The van der Waals surface area contributed by atoms with Crippen LogP contribution in [0.1, 0.15) is 39.5 Å². The molecule has 1 saturated carbocycles. The summed E-state index contributed by atoms with van der Waals surface area (Å²) in [6, 6.07) is -0.129. The predicted molar refractivity (Wildman–Crippen MR) is 57.8 cm³/mol. The molecule has 82 valence electrons. The number of hydrogen-bond donors (Lipinski definition) is 2. The lowest BCUT2D eigenvalue weighted by Gasteiger charge is -2.21. The lowest BCUT2D eigenvalue weighted by Crippen LogP contribution is -2.46. The maximum atomic E-state index is 11.2. The fourth-order valence-electron chi connectivity index (χ4n) is 1.82. The second-order valence-electron chi connectivity index (χ2n) is 4.50. The van der Waals surface area contributed by atoms with Crippen molar-refractivity contribution in [2.45, 2.75) is 45.6 Å². The first-order chi connectivity index (χ1) is 6.65. The number of amides is 1. The van der Waals surface area contributed by atoms with Crippen molar-refractivity contribution in [1.29, 1.82) is 0 Å². The Labute approximate surface area is 86.4 Å². The highest BCUT2D eigenvalue weighted by Crippen LogP contribution is 2.28. The minimum atomic E-state index is -0.202. The lowest BCUT2D eigenvalue weighted by atomic mass is 9.96. The van der Waals surface area contributed by atoms with Gasteiger partial charge >= 0.3 is 0 Å². The minimum Gasteiger partial charge on any atom is -0.368 e. The van der Waals surface area contributed by atoms with Gasteiger partial charge in [0.2, 0.25) is 5.91 Å². The maximum Gasteiger partial charge on any atom is 0.234 e. The van der Waals surface area contributed by atoms with E-state index in [1.54, 1.807) is 0 Å². The molecule has 0 spiro atoms. The Bertz CT molecular complexity index is 190. The van der Waals surface area contributed by atoms with Gasteiger partial charge in [-0.2, -0.15) is 0 Å². The normalized spacial score (nSPS) is 20.4. The Morgan fingerprint density at radius 3 is 2.64 bits per heavy atom. The van der Waals surface area contributed by atoms with Crippen molar-refractivity contribution < 1.29 is 4.79 Å². The standard InChI is InChI=1S/C11H22N2O/c1-3-4-8(2)10(11(12)14)13-7-9-5-6-9/h8-10,13H,3-7H2,1-2H3,(H2,12,14). The number of nitrogens with one attached hydrogen (secondary N) is 1. The van der Waals surface area contributed by atoms with Gasteiger partial charge in [-0.1, -0.05) is 20.3 Å². The molecule has 0 radical (unpaired) electrons. The topological polar surface area (TPSA) is 55.1 Å². The van der Waals surface area contributed by atoms with Crippen molar-refractivity contribution in [3.05, 3.63) is 0 Å². The van der Waals surface area contributed by atoms with Gasteiger partial charge in [0, 0.05) is 0 Å². The van der Waals surface area contributed by atoms with Crippen molar-refractivity contribution in [2.75, 3.05) is 6.54 Å². The quantitative estimate of drug-likeness (QED) is 0.647. The number of nitrogens with two attached hydrogens (primary N) is 1. The van der Waals surface area contributed by atoms with Crippen LogP contribution in [0.15, 0.2) is 0 Å². The molecule has 2 atom stereocenters. The molecule has 0 aromatic carbocycles. The van der Waals surface area contributed by atoms with Gasteiger partial charge in [0.1, 0.15) is 0 Å². The summed E-state index contributed by atoms with van der Waals surface area (Å²) in [6.07, 6.45) is 4.78. The predicted octanol–water partition coefficient (Wildman–Crippen LogP) is 1.28. The van der Waals surface area contributed by atoms with Crippen molar-refractivity contribution >= 4 is 5.91 Å². The molecule has 14 heavy (non-hydrogen) atoms. The molecule has 0 aromatic heterocycles. The Morgan fingerprint density at radius 2 is 2.21 bits per heavy atom. The Kier molecular flexibility index (Phi) is 4.39.